The summed E-state index contributed by atoms with van der Waals surface area (Å²) in [5, 5.41) is 3.63. The molecule has 0 atom stereocenters. The van der Waals surface area contributed by atoms with Gasteiger partial charge in [-0.1, -0.05) is 24.3 Å². The number of anilines is 1. The molecule has 156 valence electrons. The van der Waals surface area contributed by atoms with E-state index in [1.807, 2.05) is 38.1 Å². The molecule has 1 amide bonds. The summed E-state index contributed by atoms with van der Waals surface area (Å²) in [6.45, 7) is 5.06. The Labute approximate surface area is 175 Å². The molecule has 1 saturated heterocycles. The van der Waals surface area contributed by atoms with E-state index in [2.05, 4.69) is 10.3 Å². The van der Waals surface area contributed by atoms with E-state index in [9.17, 15) is 13.2 Å². The quantitative estimate of drug-likeness (QED) is 0.694. The van der Waals surface area contributed by atoms with Gasteiger partial charge < -0.3 is 10.1 Å². The van der Waals surface area contributed by atoms with Crippen LogP contribution in [0.5, 0.6) is 0 Å². The molecule has 1 aliphatic heterocycles. The van der Waals surface area contributed by atoms with Gasteiger partial charge in [0, 0.05) is 29.9 Å². The van der Waals surface area contributed by atoms with E-state index in [-0.39, 0.29) is 10.8 Å². The monoisotopic (exact) mass is 425 g/mol. The maximum Gasteiger partial charge on any atom is 0.256 e. The van der Waals surface area contributed by atoms with Crippen molar-refractivity contribution in [3.05, 3.63) is 65.4 Å². The van der Waals surface area contributed by atoms with E-state index in [1.165, 1.54) is 10.4 Å². The van der Waals surface area contributed by atoms with Crippen molar-refractivity contribution in [3.63, 3.8) is 0 Å². The second-order valence-corrected chi connectivity index (χ2v) is 9.21. The number of morpholine rings is 1. The van der Waals surface area contributed by atoms with Gasteiger partial charge in [-0.15, -0.1) is 0 Å². The lowest BCUT2D eigenvalue weighted by Gasteiger charge is -2.26. The highest BCUT2D eigenvalue weighted by Gasteiger charge is 2.27. The number of fused-ring (bicyclic) bond motifs is 1. The minimum Gasteiger partial charge on any atom is -0.379 e. The van der Waals surface area contributed by atoms with Crippen LogP contribution in [-0.4, -0.2) is 49.9 Å². The third-order valence-electron chi connectivity index (χ3n) is 5.15. The summed E-state index contributed by atoms with van der Waals surface area (Å²) in [6.07, 6.45) is 0. The van der Waals surface area contributed by atoms with Gasteiger partial charge in [0.1, 0.15) is 0 Å². The first-order valence-corrected chi connectivity index (χ1v) is 11.2. The van der Waals surface area contributed by atoms with Gasteiger partial charge in [0.25, 0.3) is 5.91 Å². The zero-order valence-corrected chi connectivity index (χ0v) is 17.7. The molecule has 0 radical (unpaired) electrons. The van der Waals surface area contributed by atoms with Crippen molar-refractivity contribution < 1.29 is 17.9 Å². The Kier molecular flexibility index (Phi) is 5.55. The number of sulfonamides is 1. The van der Waals surface area contributed by atoms with Crippen LogP contribution >= 0.6 is 0 Å². The number of nitrogens with zero attached hydrogens (tertiary/aromatic N) is 2. The Morgan fingerprint density at radius 3 is 2.57 bits per heavy atom. The number of nitrogens with one attached hydrogen (secondary N) is 1. The first kappa shape index (κ1) is 20.5. The third kappa shape index (κ3) is 3.94. The molecular formula is C22H23N3O4S. The van der Waals surface area contributed by atoms with E-state index < -0.39 is 10.0 Å². The Morgan fingerprint density at radius 1 is 1.07 bits per heavy atom. The summed E-state index contributed by atoms with van der Waals surface area (Å²) in [4.78, 5) is 17.7. The van der Waals surface area contributed by atoms with Gasteiger partial charge in [-0.2, -0.15) is 4.31 Å². The zero-order valence-electron chi connectivity index (χ0n) is 16.9. The molecule has 2 heterocycles. The van der Waals surface area contributed by atoms with E-state index >= 15 is 0 Å². The molecule has 0 aliphatic carbocycles. The summed E-state index contributed by atoms with van der Waals surface area (Å²) in [5.41, 5.74) is 3.22. The number of carbonyl (C=O) groups is 1. The van der Waals surface area contributed by atoms with Crippen LogP contribution in [0.1, 0.15) is 21.6 Å². The smallest absolute Gasteiger partial charge is 0.256 e. The fraction of sp³-hybridized carbons (Fsp3) is 0.273. The van der Waals surface area contributed by atoms with E-state index in [4.69, 9.17) is 4.74 Å². The van der Waals surface area contributed by atoms with Crippen LogP contribution in [0.25, 0.3) is 10.9 Å². The average molecular weight is 426 g/mol. The molecule has 0 saturated carbocycles. The van der Waals surface area contributed by atoms with E-state index in [0.717, 1.165) is 22.2 Å². The Hall–Kier alpha value is -2.81. The summed E-state index contributed by atoms with van der Waals surface area (Å²) >= 11 is 0. The largest absolute Gasteiger partial charge is 0.379 e. The average Bonchev–Trinajstić information content (AvgIpc) is 2.75. The van der Waals surface area contributed by atoms with Crippen LogP contribution < -0.4 is 5.32 Å². The van der Waals surface area contributed by atoms with Crippen molar-refractivity contribution in [3.8, 4) is 0 Å². The van der Waals surface area contributed by atoms with Crippen molar-refractivity contribution >= 4 is 32.5 Å². The van der Waals surface area contributed by atoms with Crippen LogP contribution in [0.4, 0.5) is 5.69 Å². The fourth-order valence-electron chi connectivity index (χ4n) is 3.52. The van der Waals surface area contributed by atoms with Crippen molar-refractivity contribution in [2.24, 2.45) is 0 Å². The van der Waals surface area contributed by atoms with Crippen LogP contribution in [0.3, 0.4) is 0 Å². The van der Waals surface area contributed by atoms with Gasteiger partial charge in [0.15, 0.2) is 0 Å². The van der Waals surface area contributed by atoms with Gasteiger partial charge in [-0.05, 0) is 43.7 Å². The number of hydrogen-bond donors (Lipinski definition) is 1. The number of benzene rings is 2. The lowest BCUT2D eigenvalue weighted by atomic mass is 10.1. The Bertz CT molecular complexity index is 1220. The number of ether oxygens (including phenoxy) is 1. The van der Waals surface area contributed by atoms with E-state index in [0.29, 0.717) is 37.6 Å². The molecule has 7 nitrogen and oxygen atoms in total. The van der Waals surface area contributed by atoms with Crippen LogP contribution in [0.2, 0.25) is 0 Å². The second-order valence-electron chi connectivity index (χ2n) is 7.28. The molecular weight excluding hydrogens is 402 g/mol. The normalized spacial score (nSPS) is 15.3. The molecule has 0 unspecified atom stereocenters. The topological polar surface area (TPSA) is 88.6 Å². The molecule has 4 rings (SSSR count). The maximum absolute atomic E-state index is 13.1. The van der Waals surface area contributed by atoms with E-state index in [1.54, 1.807) is 18.2 Å². The molecule has 0 bridgehead atoms. The van der Waals surface area contributed by atoms with Crippen molar-refractivity contribution in [2.75, 3.05) is 31.6 Å². The fourth-order valence-corrected chi connectivity index (χ4v) is 4.95. The number of carbonyl (C=O) groups excluding carboxylic acids is 1. The number of pyridine rings is 1. The highest BCUT2D eigenvalue weighted by molar-refractivity contribution is 7.89. The molecule has 1 aromatic heterocycles. The highest BCUT2D eigenvalue weighted by atomic mass is 32.2. The van der Waals surface area contributed by atoms with Crippen LogP contribution in [-0.2, 0) is 14.8 Å². The van der Waals surface area contributed by atoms with Gasteiger partial charge in [0.2, 0.25) is 10.0 Å². The first-order chi connectivity index (χ1) is 14.4. The standard InChI is InChI=1S/C22H23N3O4S/c1-15-7-8-17(30(27,28)25-9-11-29-12-10-25)14-21(15)24-22(26)19-13-16(2)23-20-6-4-3-5-18(19)20/h3-8,13-14H,9-12H2,1-2H3,(H,24,26). The molecule has 30 heavy (non-hydrogen) atoms. The highest BCUT2D eigenvalue weighted by Crippen LogP contribution is 2.25. The van der Waals surface area contributed by atoms with Gasteiger partial charge in [-0.25, -0.2) is 8.42 Å². The summed E-state index contributed by atoms with van der Waals surface area (Å²) in [7, 11) is -3.65. The zero-order chi connectivity index (χ0) is 21.3. The second kappa shape index (κ2) is 8.14. The molecule has 1 fully saturated rings. The Balaban J connectivity index is 1.67. The van der Waals surface area contributed by atoms with Crippen molar-refractivity contribution in [1.29, 1.82) is 0 Å². The molecule has 3 aromatic rings. The number of aryl methyl sites for hydroxylation is 2. The third-order valence-corrected chi connectivity index (χ3v) is 7.05. The maximum atomic E-state index is 13.1. The molecule has 0 spiro atoms. The summed E-state index contributed by atoms with van der Waals surface area (Å²) in [5.74, 6) is -0.305. The van der Waals surface area contributed by atoms with Gasteiger partial charge in [-0.3, -0.25) is 9.78 Å². The number of aromatic nitrogens is 1. The predicted molar refractivity (Wildman–Crippen MR) is 115 cm³/mol. The van der Waals surface area contributed by atoms with Crippen molar-refractivity contribution in [1.82, 2.24) is 9.29 Å². The molecule has 1 N–H and O–H groups in total. The number of rotatable bonds is 4. The molecule has 1 aliphatic rings. The number of amides is 1. The minimum atomic E-state index is -3.65. The van der Waals surface area contributed by atoms with Crippen LogP contribution in [0, 0.1) is 13.8 Å². The SMILES string of the molecule is Cc1cc(C(=O)Nc2cc(S(=O)(=O)N3CCOCC3)ccc2C)c2ccccc2n1. The van der Waals surface area contributed by atoms with Gasteiger partial charge in [0.05, 0.1) is 29.2 Å². The number of hydrogen-bond acceptors (Lipinski definition) is 5. The van der Waals surface area contributed by atoms with Crippen molar-refractivity contribution in [2.45, 2.75) is 18.7 Å². The summed E-state index contributed by atoms with van der Waals surface area (Å²) < 4.78 is 32.6. The first-order valence-electron chi connectivity index (χ1n) is 9.72. The summed E-state index contributed by atoms with van der Waals surface area (Å²) in [6, 6.07) is 14.0. The molecule has 2 aromatic carbocycles. The van der Waals surface area contributed by atoms with Gasteiger partial charge >= 0.3 is 0 Å². The Morgan fingerprint density at radius 2 is 1.80 bits per heavy atom. The predicted octanol–water partition coefficient (Wildman–Crippen LogP) is 3.12. The molecule has 8 heteroatoms. The number of para-hydroxylation sites is 1. The lowest BCUT2D eigenvalue weighted by molar-refractivity contribution is 0.0730. The minimum absolute atomic E-state index is 0.154. The van der Waals surface area contributed by atoms with Crippen LogP contribution in [0.15, 0.2) is 53.4 Å². The lowest BCUT2D eigenvalue weighted by Crippen LogP contribution is -2.40.